The molecule has 0 amide bonds. The lowest BCUT2D eigenvalue weighted by Crippen LogP contribution is -2.36. The van der Waals surface area contributed by atoms with E-state index in [1.54, 1.807) is 0 Å². The summed E-state index contributed by atoms with van der Waals surface area (Å²) in [5.74, 6) is 0.990. The van der Waals surface area contributed by atoms with Crippen molar-refractivity contribution in [3.05, 3.63) is 23.9 Å². The predicted octanol–water partition coefficient (Wildman–Crippen LogP) is 1.65. The van der Waals surface area contributed by atoms with Gasteiger partial charge in [0.15, 0.2) is 0 Å². The molecule has 1 aromatic heterocycles. The lowest BCUT2D eigenvalue weighted by atomic mass is 10.2. The maximum absolute atomic E-state index is 4.35. The van der Waals surface area contributed by atoms with Gasteiger partial charge in [0.1, 0.15) is 5.82 Å². The fourth-order valence-electron chi connectivity index (χ4n) is 2.72. The fourth-order valence-corrected chi connectivity index (χ4v) is 2.72. The van der Waals surface area contributed by atoms with Gasteiger partial charge in [0.25, 0.3) is 0 Å². The molecular weight excluding hydrogens is 224 g/mol. The maximum Gasteiger partial charge on any atom is 0.130 e. The Morgan fingerprint density at radius 1 is 1.56 bits per heavy atom. The van der Waals surface area contributed by atoms with Gasteiger partial charge >= 0.3 is 0 Å². The average molecular weight is 248 g/mol. The van der Waals surface area contributed by atoms with Gasteiger partial charge < -0.3 is 15.1 Å². The van der Waals surface area contributed by atoms with Crippen LogP contribution in [0.5, 0.6) is 0 Å². The van der Waals surface area contributed by atoms with Crippen LogP contribution in [0.15, 0.2) is 18.3 Å². The van der Waals surface area contributed by atoms with Crippen molar-refractivity contribution in [3.8, 4) is 0 Å². The maximum atomic E-state index is 4.35. The summed E-state index contributed by atoms with van der Waals surface area (Å²) in [6, 6.07) is 4.86. The minimum absolute atomic E-state index is 0.713. The lowest BCUT2D eigenvalue weighted by molar-refractivity contribution is 0.215. The van der Waals surface area contributed by atoms with Crippen LogP contribution in [0.25, 0.3) is 0 Å². The van der Waals surface area contributed by atoms with Gasteiger partial charge in [-0.25, -0.2) is 4.98 Å². The molecule has 0 aromatic carbocycles. The van der Waals surface area contributed by atoms with Crippen LogP contribution in [0.1, 0.15) is 18.4 Å². The molecular formula is C14H24N4. The smallest absolute Gasteiger partial charge is 0.130 e. The Bertz CT molecular complexity index is 380. The summed E-state index contributed by atoms with van der Waals surface area (Å²) in [4.78, 5) is 9.21. The Kier molecular flexibility index (Phi) is 4.55. The second-order valence-corrected chi connectivity index (χ2v) is 5.23. The number of likely N-dealkylation sites (tertiary alicyclic amines) is 1. The number of hydrogen-bond acceptors (Lipinski definition) is 4. The van der Waals surface area contributed by atoms with E-state index >= 15 is 0 Å². The van der Waals surface area contributed by atoms with Crippen LogP contribution in [0.4, 0.5) is 5.82 Å². The highest BCUT2D eigenvalue weighted by Gasteiger charge is 2.22. The standard InChI is InChI=1S/C14H24N4/c1-15-14-12(6-4-8-16-14)10-17(2)11-13-7-5-9-18(13)3/h4,6,8,13H,5,7,9-11H2,1-3H3,(H,15,16). The largest absolute Gasteiger partial charge is 0.373 e. The van der Waals surface area contributed by atoms with Gasteiger partial charge in [-0.2, -0.15) is 0 Å². The number of nitrogens with one attached hydrogen (secondary N) is 1. The first-order chi connectivity index (χ1) is 8.70. The Balaban J connectivity index is 1.92. The number of aromatic nitrogens is 1. The minimum Gasteiger partial charge on any atom is -0.373 e. The van der Waals surface area contributed by atoms with Gasteiger partial charge in [0.05, 0.1) is 0 Å². The van der Waals surface area contributed by atoms with E-state index in [0.29, 0.717) is 6.04 Å². The number of rotatable bonds is 5. The van der Waals surface area contributed by atoms with E-state index in [2.05, 4.69) is 40.3 Å². The zero-order valence-electron chi connectivity index (χ0n) is 11.7. The Morgan fingerprint density at radius 2 is 2.39 bits per heavy atom. The number of pyridine rings is 1. The molecule has 4 heteroatoms. The molecule has 1 unspecified atom stereocenters. The molecule has 1 atom stereocenters. The van der Waals surface area contributed by atoms with Gasteiger partial charge in [0, 0.05) is 37.9 Å². The van der Waals surface area contributed by atoms with Crippen molar-refractivity contribution in [2.24, 2.45) is 0 Å². The second kappa shape index (κ2) is 6.16. The summed E-state index contributed by atoms with van der Waals surface area (Å²) in [6.07, 6.45) is 4.50. The summed E-state index contributed by atoms with van der Waals surface area (Å²) in [7, 11) is 6.35. The predicted molar refractivity (Wildman–Crippen MR) is 75.8 cm³/mol. The molecule has 0 radical (unpaired) electrons. The zero-order valence-corrected chi connectivity index (χ0v) is 11.7. The Labute approximate surface area is 110 Å². The third-order valence-electron chi connectivity index (χ3n) is 3.76. The summed E-state index contributed by atoms with van der Waals surface area (Å²) in [5, 5.41) is 3.16. The van der Waals surface area contributed by atoms with E-state index in [1.807, 2.05) is 19.3 Å². The minimum atomic E-state index is 0.713. The number of likely N-dealkylation sites (N-methyl/N-ethyl adjacent to an activating group) is 2. The van der Waals surface area contributed by atoms with Crippen molar-refractivity contribution in [2.45, 2.75) is 25.4 Å². The zero-order chi connectivity index (χ0) is 13.0. The fraction of sp³-hybridized carbons (Fsp3) is 0.643. The van der Waals surface area contributed by atoms with Crippen molar-refractivity contribution in [1.29, 1.82) is 0 Å². The van der Waals surface area contributed by atoms with E-state index < -0.39 is 0 Å². The summed E-state index contributed by atoms with van der Waals surface area (Å²) in [5.41, 5.74) is 1.27. The molecule has 0 bridgehead atoms. The first kappa shape index (κ1) is 13.3. The van der Waals surface area contributed by atoms with Crippen LogP contribution in [-0.4, -0.2) is 55.1 Å². The third kappa shape index (κ3) is 3.21. The van der Waals surface area contributed by atoms with Crippen molar-refractivity contribution in [1.82, 2.24) is 14.8 Å². The second-order valence-electron chi connectivity index (χ2n) is 5.23. The van der Waals surface area contributed by atoms with Gasteiger partial charge in [-0.15, -0.1) is 0 Å². The third-order valence-corrected chi connectivity index (χ3v) is 3.76. The van der Waals surface area contributed by atoms with Crippen molar-refractivity contribution in [3.63, 3.8) is 0 Å². The average Bonchev–Trinajstić information content (AvgIpc) is 2.75. The van der Waals surface area contributed by atoms with Crippen LogP contribution in [0.3, 0.4) is 0 Å². The molecule has 4 nitrogen and oxygen atoms in total. The topological polar surface area (TPSA) is 31.4 Å². The van der Waals surface area contributed by atoms with E-state index in [9.17, 15) is 0 Å². The molecule has 18 heavy (non-hydrogen) atoms. The molecule has 2 heterocycles. The highest BCUT2D eigenvalue weighted by Crippen LogP contribution is 2.18. The van der Waals surface area contributed by atoms with Gasteiger partial charge in [-0.1, -0.05) is 6.07 Å². The van der Waals surface area contributed by atoms with Crippen LogP contribution >= 0.6 is 0 Å². The lowest BCUT2D eigenvalue weighted by Gasteiger charge is -2.26. The van der Waals surface area contributed by atoms with Crippen LogP contribution in [0.2, 0.25) is 0 Å². The first-order valence-corrected chi connectivity index (χ1v) is 6.71. The number of nitrogens with zero attached hydrogens (tertiary/aromatic N) is 3. The van der Waals surface area contributed by atoms with Gasteiger partial charge in [-0.05, 0) is 39.5 Å². The summed E-state index contributed by atoms with van der Waals surface area (Å²) >= 11 is 0. The molecule has 1 aliphatic rings. The Hall–Kier alpha value is -1.13. The first-order valence-electron chi connectivity index (χ1n) is 6.71. The molecule has 1 fully saturated rings. The number of hydrogen-bond donors (Lipinski definition) is 1. The molecule has 1 N–H and O–H groups in total. The van der Waals surface area contributed by atoms with Gasteiger partial charge in [-0.3, -0.25) is 0 Å². The van der Waals surface area contributed by atoms with E-state index in [0.717, 1.165) is 18.9 Å². The van der Waals surface area contributed by atoms with Crippen LogP contribution < -0.4 is 5.32 Å². The van der Waals surface area contributed by atoms with Crippen molar-refractivity contribution >= 4 is 5.82 Å². The Morgan fingerprint density at radius 3 is 3.06 bits per heavy atom. The molecule has 1 aromatic rings. The van der Waals surface area contributed by atoms with Crippen LogP contribution in [-0.2, 0) is 6.54 Å². The highest BCUT2D eigenvalue weighted by atomic mass is 15.2. The molecule has 0 aliphatic carbocycles. The molecule has 1 aliphatic heterocycles. The quantitative estimate of drug-likeness (QED) is 0.858. The van der Waals surface area contributed by atoms with E-state index in [1.165, 1.54) is 24.9 Å². The molecule has 0 saturated carbocycles. The number of anilines is 1. The molecule has 2 rings (SSSR count). The summed E-state index contributed by atoms with van der Waals surface area (Å²) in [6.45, 7) is 3.33. The van der Waals surface area contributed by atoms with E-state index in [-0.39, 0.29) is 0 Å². The van der Waals surface area contributed by atoms with E-state index in [4.69, 9.17) is 0 Å². The van der Waals surface area contributed by atoms with Crippen LogP contribution in [0, 0.1) is 0 Å². The summed E-state index contributed by atoms with van der Waals surface area (Å²) < 4.78 is 0. The van der Waals surface area contributed by atoms with Gasteiger partial charge in [0.2, 0.25) is 0 Å². The molecule has 100 valence electrons. The van der Waals surface area contributed by atoms with Crippen molar-refractivity contribution in [2.75, 3.05) is 39.5 Å². The molecule has 1 saturated heterocycles. The van der Waals surface area contributed by atoms with Crippen molar-refractivity contribution < 1.29 is 0 Å². The normalized spacial score (nSPS) is 20.6. The SMILES string of the molecule is CNc1ncccc1CN(C)CC1CCCN1C. The highest BCUT2D eigenvalue weighted by molar-refractivity contribution is 5.42. The monoisotopic (exact) mass is 248 g/mol. The molecule has 0 spiro atoms.